The molecule has 0 saturated carbocycles. The van der Waals surface area contributed by atoms with E-state index in [-0.39, 0.29) is 27.0 Å². The van der Waals surface area contributed by atoms with Crippen LogP contribution in [-0.4, -0.2) is 21.8 Å². The van der Waals surface area contributed by atoms with Crippen LogP contribution in [0.25, 0.3) is 0 Å². The van der Waals surface area contributed by atoms with E-state index in [2.05, 4.69) is 4.98 Å². The first kappa shape index (κ1) is 17.6. The fourth-order valence-corrected chi connectivity index (χ4v) is 2.11. The zero-order valence-corrected chi connectivity index (χ0v) is 13.4. The van der Waals surface area contributed by atoms with Crippen LogP contribution >= 0.6 is 23.2 Å². The molecule has 1 aromatic heterocycles. The van der Waals surface area contributed by atoms with Gasteiger partial charge in [-0.15, -0.1) is 0 Å². The van der Waals surface area contributed by atoms with Crippen LogP contribution < -0.4 is 5.73 Å². The summed E-state index contributed by atoms with van der Waals surface area (Å²) in [7, 11) is 0. The molecular weight excluding hydrogens is 361 g/mol. The van der Waals surface area contributed by atoms with Gasteiger partial charge in [0.25, 0.3) is 5.69 Å². The summed E-state index contributed by atoms with van der Waals surface area (Å²) in [6.45, 7) is -0.418. The fraction of sp³-hybridized carbons (Fsp3) is 0.0714. The maximum atomic E-state index is 12.0. The van der Waals surface area contributed by atoms with Crippen LogP contribution in [0.4, 0.5) is 5.69 Å². The molecule has 8 nitrogen and oxygen atoms in total. The number of rotatable bonds is 5. The van der Waals surface area contributed by atoms with E-state index in [1.165, 1.54) is 24.3 Å². The van der Waals surface area contributed by atoms with Gasteiger partial charge in [-0.2, -0.15) is 0 Å². The van der Waals surface area contributed by atoms with Crippen molar-refractivity contribution in [2.45, 2.75) is 6.61 Å². The Hall–Kier alpha value is -2.71. The SMILES string of the molecule is NC(=O)c1ccc(COC(=O)c2nc(Cl)ccc2Cl)c([N+](=O)[O-])c1. The Balaban J connectivity index is 2.22. The number of carbonyl (C=O) groups is 2. The standard InChI is InChI=1S/C14H9Cl2N3O5/c15-9-3-4-11(16)18-12(9)14(21)24-6-8-2-1-7(13(17)20)5-10(8)19(22)23/h1-5H,6H2,(H2,17,20). The lowest BCUT2D eigenvalue weighted by Crippen LogP contribution is -2.13. The lowest BCUT2D eigenvalue weighted by Gasteiger charge is -2.07. The van der Waals surface area contributed by atoms with E-state index < -0.39 is 29.1 Å². The molecule has 0 spiro atoms. The third kappa shape index (κ3) is 3.98. The van der Waals surface area contributed by atoms with E-state index in [4.69, 9.17) is 33.7 Å². The molecular formula is C14H9Cl2N3O5. The van der Waals surface area contributed by atoms with Crippen LogP contribution in [-0.2, 0) is 11.3 Å². The number of ether oxygens (including phenoxy) is 1. The topological polar surface area (TPSA) is 125 Å². The monoisotopic (exact) mass is 369 g/mol. The number of nitrogens with two attached hydrogens (primary N) is 1. The second-order valence-electron chi connectivity index (χ2n) is 4.51. The highest BCUT2D eigenvalue weighted by Gasteiger charge is 2.20. The average molecular weight is 370 g/mol. The Kier molecular flexibility index (Phi) is 5.32. The van der Waals surface area contributed by atoms with Crippen molar-refractivity contribution in [2.75, 3.05) is 0 Å². The molecule has 0 bridgehead atoms. The average Bonchev–Trinajstić information content (AvgIpc) is 2.54. The first-order valence-electron chi connectivity index (χ1n) is 6.36. The number of halogens is 2. The second-order valence-corrected chi connectivity index (χ2v) is 5.30. The van der Waals surface area contributed by atoms with E-state index in [9.17, 15) is 19.7 Å². The van der Waals surface area contributed by atoms with Crippen molar-refractivity contribution in [1.29, 1.82) is 0 Å². The smallest absolute Gasteiger partial charge is 0.358 e. The first-order valence-corrected chi connectivity index (χ1v) is 7.11. The number of carbonyl (C=O) groups excluding carboxylic acids is 2. The summed E-state index contributed by atoms with van der Waals surface area (Å²) in [6.07, 6.45) is 0. The molecule has 1 heterocycles. The number of primary amides is 1. The lowest BCUT2D eigenvalue weighted by molar-refractivity contribution is -0.385. The normalized spacial score (nSPS) is 10.2. The van der Waals surface area contributed by atoms with E-state index >= 15 is 0 Å². The summed E-state index contributed by atoms with van der Waals surface area (Å²) in [5.74, 6) is -1.70. The molecule has 1 amide bonds. The molecule has 24 heavy (non-hydrogen) atoms. The van der Waals surface area contributed by atoms with Crippen molar-refractivity contribution in [1.82, 2.24) is 4.98 Å². The molecule has 0 radical (unpaired) electrons. The van der Waals surface area contributed by atoms with Gasteiger partial charge in [0.2, 0.25) is 5.91 Å². The van der Waals surface area contributed by atoms with Crippen molar-refractivity contribution < 1.29 is 19.2 Å². The zero-order chi connectivity index (χ0) is 17.9. The largest absolute Gasteiger partial charge is 0.456 e. The van der Waals surface area contributed by atoms with Gasteiger partial charge in [-0.05, 0) is 24.3 Å². The Morgan fingerprint density at radius 1 is 1.25 bits per heavy atom. The van der Waals surface area contributed by atoms with Crippen LogP contribution in [0.15, 0.2) is 30.3 Å². The van der Waals surface area contributed by atoms with Gasteiger partial charge >= 0.3 is 5.97 Å². The molecule has 0 unspecified atom stereocenters. The number of benzene rings is 1. The van der Waals surface area contributed by atoms with Crippen molar-refractivity contribution in [3.05, 3.63) is 67.4 Å². The van der Waals surface area contributed by atoms with Gasteiger partial charge in [-0.1, -0.05) is 23.2 Å². The van der Waals surface area contributed by atoms with E-state index in [1.54, 1.807) is 0 Å². The van der Waals surface area contributed by atoms with Crippen LogP contribution in [0.3, 0.4) is 0 Å². The van der Waals surface area contributed by atoms with Gasteiger partial charge in [0.15, 0.2) is 5.69 Å². The van der Waals surface area contributed by atoms with Gasteiger partial charge in [-0.25, -0.2) is 9.78 Å². The fourth-order valence-electron chi connectivity index (χ4n) is 1.78. The van der Waals surface area contributed by atoms with E-state index in [0.29, 0.717) is 0 Å². The second kappa shape index (κ2) is 7.24. The van der Waals surface area contributed by atoms with Crippen LogP contribution in [0, 0.1) is 10.1 Å². The quantitative estimate of drug-likeness (QED) is 0.373. The van der Waals surface area contributed by atoms with Gasteiger partial charge < -0.3 is 10.5 Å². The van der Waals surface area contributed by atoms with E-state index in [0.717, 1.165) is 6.07 Å². The molecule has 1 aromatic carbocycles. The highest BCUT2D eigenvalue weighted by molar-refractivity contribution is 6.34. The van der Waals surface area contributed by atoms with Gasteiger partial charge in [0, 0.05) is 11.6 Å². The summed E-state index contributed by atoms with van der Waals surface area (Å²) in [5.41, 5.74) is 4.52. The Labute approximate surface area is 145 Å². The first-order chi connectivity index (χ1) is 11.3. The van der Waals surface area contributed by atoms with Crippen molar-refractivity contribution in [3.8, 4) is 0 Å². The lowest BCUT2D eigenvalue weighted by atomic mass is 10.1. The van der Waals surface area contributed by atoms with Crippen LogP contribution in [0.5, 0.6) is 0 Å². The van der Waals surface area contributed by atoms with E-state index in [1.807, 2.05) is 0 Å². The predicted molar refractivity (Wildman–Crippen MR) is 85.0 cm³/mol. The molecule has 124 valence electrons. The van der Waals surface area contributed by atoms with Crippen molar-refractivity contribution >= 4 is 40.8 Å². The summed E-state index contributed by atoms with van der Waals surface area (Å²) >= 11 is 11.5. The highest BCUT2D eigenvalue weighted by atomic mass is 35.5. The minimum atomic E-state index is -0.893. The molecule has 2 rings (SSSR count). The maximum absolute atomic E-state index is 12.0. The number of nitrogens with zero attached hydrogens (tertiary/aromatic N) is 2. The highest BCUT2D eigenvalue weighted by Crippen LogP contribution is 2.23. The van der Waals surface area contributed by atoms with Gasteiger partial charge in [-0.3, -0.25) is 14.9 Å². The van der Waals surface area contributed by atoms with Crippen molar-refractivity contribution in [3.63, 3.8) is 0 Å². The number of amides is 1. The molecule has 10 heteroatoms. The third-order valence-corrected chi connectivity index (χ3v) is 3.45. The number of hydrogen-bond donors (Lipinski definition) is 1. The van der Waals surface area contributed by atoms with Crippen molar-refractivity contribution in [2.24, 2.45) is 5.73 Å². The van der Waals surface area contributed by atoms with Gasteiger partial charge in [0.05, 0.1) is 15.5 Å². The molecule has 0 aliphatic heterocycles. The summed E-state index contributed by atoms with van der Waals surface area (Å²) in [6, 6.07) is 6.35. The summed E-state index contributed by atoms with van der Waals surface area (Å²) in [5, 5.41) is 11.1. The molecule has 2 N–H and O–H groups in total. The number of nitro groups is 1. The molecule has 0 saturated heterocycles. The number of aromatic nitrogens is 1. The molecule has 0 aliphatic carbocycles. The Bertz CT molecular complexity index is 841. The molecule has 2 aromatic rings. The third-order valence-electron chi connectivity index (χ3n) is 2.93. The Morgan fingerprint density at radius 3 is 2.58 bits per heavy atom. The van der Waals surface area contributed by atoms with Crippen LogP contribution in [0.2, 0.25) is 10.2 Å². The number of esters is 1. The minimum Gasteiger partial charge on any atom is -0.456 e. The maximum Gasteiger partial charge on any atom is 0.358 e. The minimum absolute atomic E-state index is 0.0305. The summed E-state index contributed by atoms with van der Waals surface area (Å²) < 4.78 is 4.98. The molecule has 0 aliphatic rings. The number of nitro benzene ring substituents is 1. The Morgan fingerprint density at radius 2 is 1.96 bits per heavy atom. The zero-order valence-electron chi connectivity index (χ0n) is 11.9. The predicted octanol–water partition coefficient (Wildman–Crippen LogP) is 2.75. The number of pyridine rings is 1. The summed E-state index contributed by atoms with van der Waals surface area (Å²) in [4.78, 5) is 37.2. The number of hydrogen-bond acceptors (Lipinski definition) is 6. The molecule has 0 fully saturated rings. The van der Waals surface area contributed by atoms with Gasteiger partial charge in [0.1, 0.15) is 11.8 Å². The molecule has 0 atom stereocenters. The van der Waals surface area contributed by atoms with Crippen LogP contribution in [0.1, 0.15) is 26.4 Å².